The van der Waals surface area contributed by atoms with E-state index in [-0.39, 0.29) is 28.4 Å². The molecule has 2 aromatic heterocycles. The molecule has 8 heteroatoms. The van der Waals surface area contributed by atoms with E-state index >= 15 is 0 Å². The summed E-state index contributed by atoms with van der Waals surface area (Å²) in [5.74, 6) is -1.10. The topological polar surface area (TPSA) is 75.9 Å². The Morgan fingerprint density at radius 1 is 1.09 bits per heavy atom. The van der Waals surface area contributed by atoms with Gasteiger partial charge in [0.1, 0.15) is 23.0 Å². The third-order valence-electron chi connectivity index (χ3n) is 6.27. The molecule has 1 amide bonds. The Morgan fingerprint density at radius 3 is 2.51 bits per heavy atom. The number of nitrogens with one attached hydrogen (secondary N) is 1. The molecule has 0 saturated heterocycles. The molecule has 6 nitrogen and oxygen atoms in total. The van der Waals surface area contributed by atoms with E-state index in [1.165, 1.54) is 22.7 Å². The number of fused-ring (bicyclic) bond motifs is 2. The van der Waals surface area contributed by atoms with E-state index in [1.54, 1.807) is 32.9 Å². The molecule has 5 rings (SSSR count). The molecular weight excluding hydrogens is 452 g/mol. The molecule has 1 atom stereocenters. The number of hydrogen-bond acceptors (Lipinski definition) is 4. The molecule has 0 unspecified atom stereocenters. The molecule has 3 heterocycles. The van der Waals surface area contributed by atoms with Gasteiger partial charge >= 0.3 is 0 Å². The first-order valence-electron chi connectivity index (χ1n) is 11.4. The van der Waals surface area contributed by atoms with Crippen LogP contribution in [-0.4, -0.2) is 27.2 Å². The van der Waals surface area contributed by atoms with Crippen molar-refractivity contribution < 1.29 is 23.4 Å². The molecule has 0 spiro atoms. The van der Waals surface area contributed by atoms with Crippen molar-refractivity contribution in [2.24, 2.45) is 0 Å². The lowest BCUT2D eigenvalue weighted by atomic mass is 9.95. The Morgan fingerprint density at radius 2 is 1.80 bits per heavy atom. The maximum absolute atomic E-state index is 14.6. The Labute approximate surface area is 201 Å². The van der Waals surface area contributed by atoms with Gasteiger partial charge in [-0.3, -0.25) is 4.79 Å². The first-order valence-corrected chi connectivity index (χ1v) is 11.4. The van der Waals surface area contributed by atoms with Crippen LogP contribution in [0.2, 0.25) is 0 Å². The number of carbonyl (C=O) groups is 1. The lowest BCUT2D eigenvalue weighted by Crippen LogP contribution is -2.35. The first kappa shape index (κ1) is 23.0. The predicted molar refractivity (Wildman–Crippen MR) is 127 cm³/mol. The quantitative estimate of drug-likeness (QED) is 0.430. The van der Waals surface area contributed by atoms with Crippen molar-refractivity contribution >= 4 is 11.4 Å². The lowest BCUT2D eigenvalue weighted by molar-refractivity contribution is 0.0677. The second-order valence-electron chi connectivity index (χ2n) is 9.21. The summed E-state index contributed by atoms with van der Waals surface area (Å²) in [6.07, 6.45) is 0.598. The number of carbonyl (C=O) groups excluding carboxylic acids is 1. The fourth-order valence-electron chi connectivity index (χ4n) is 4.77. The first-order chi connectivity index (χ1) is 16.7. The number of para-hydroxylation sites is 1. The monoisotopic (exact) mass is 477 g/mol. The van der Waals surface area contributed by atoms with Gasteiger partial charge in [-0.25, -0.2) is 13.3 Å². The number of rotatable bonds is 4. The van der Waals surface area contributed by atoms with Crippen molar-refractivity contribution in [2.75, 3.05) is 6.61 Å². The van der Waals surface area contributed by atoms with Crippen molar-refractivity contribution in [1.82, 2.24) is 14.9 Å². The summed E-state index contributed by atoms with van der Waals surface area (Å²) in [6.45, 7) is 5.20. The van der Waals surface area contributed by atoms with Gasteiger partial charge in [0.25, 0.3) is 5.91 Å². The second-order valence-corrected chi connectivity index (χ2v) is 9.21. The van der Waals surface area contributed by atoms with E-state index in [1.807, 2.05) is 24.3 Å². The fraction of sp³-hybridized carbons (Fsp3) is 0.259. The number of halogens is 2. The van der Waals surface area contributed by atoms with E-state index in [2.05, 4.69) is 10.4 Å². The van der Waals surface area contributed by atoms with Crippen LogP contribution in [0.5, 0.6) is 5.75 Å². The minimum absolute atomic E-state index is 0.197. The van der Waals surface area contributed by atoms with Crippen LogP contribution in [0.1, 0.15) is 53.6 Å². The van der Waals surface area contributed by atoms with Crippen LogP contribution in [0.25, 0.3) is 16.6 Å². The SMILES string of the molecule is Cc1nn2c(C(C)(C)O)c(C(=O)N[C@H]3CCOc4ccccc43)ccc2c1-c1c(F)cccc1F. The average molecular weight is 478 g/mol. The smallest absolute Gasteiger partial charge is 0.253 e. The molecule has 4 aromatic rings. The van der Waals surface area contributed by atoms with Gasteiger partial charge in [0.2, 0.25) is 0 Å². The number of aromatic nitrogens is 2. The molecule has 0 radical (unpaired) electrons. The number of ether oxygens (including phenoxy) is 1. The van der Waals surface area contributed by atoms with Crippen molar-refractivity contribution in [3.63, 3.8) is 0 Å². The summed E-state index contributed by atoms with van der Waals surface area (Å²) in [5.41, 5.74) is 0.672. The van der Waals surface area contributed by atoms with Crippen LogP contribution in [0.4, 0.5) is 8.78 Å². The maximum atomic E-state index is 14.6. The van der Waals surface area contributed by atoms with Gasteiger partial charge in [0.15, 0.2) is 0 Å². The summed E-state index contributed by atoms with van der Waals surface area (Å²) in [4.78, 5) is 13.5. The number of amides is 1. The van der Waals surface area contributed by atoms with Gasteiger partial charge < -0.3 is 15.2 Å². The summed E-state index contributed by atoms with van der Waals surface area (Å²) < 4.78 is 36.4. The summed E-state index contributed by atoms with van der Waals surface area (Å²) in [7, 11) is 0. The Balaban J connectivity index is 1.63. The minimum atomic E-state index is -1.48. The number of aliphatic hydroxyl groups is 1. The summed E-state index contributed by atoms with van der Waals surface area (Å²) >= 11 is 0. The molecule has 0 fully saturated rings. The van der Waals surface area contributed by atoms with Crippen molar-refractivity contribution in [2.45, 2.75) is 38.8 Å². The van der Waals surface area contributed by atoms with Crippen LogP contribution in [0.3, 0.4) is 0 Å². The third-order valence-corrected chi connectivity index (χ3v) is 6.27. The molecule has 0 bridgehead atoms. The molecule has 35 heavy (non-hydrogen) atoms. The van der Waals surface area contributed by atoms with E-state index in [4.69, 9.17) is 4.74 Å². The zero-order valence-electron chi connectivity index (χ0n) is 19.6. The van der Waals surface area contributed by atoms with Crippen LogP contribution in [0, 0.1) is 18.6 Å². The average Bonchev–Trinajstić information content (AvgIpc) is 3.13. The molecule has 2 N–H and O–H groups in total. The molecular formula is C27H25F2N3O3. The maximum Gasteiger partial charge on any atom is 0.253 e. The largest absolute Gasteiger partial charge is 0.493 e. The molecule has 0 aliphatic carbocycles. The van der Waals surface area contributed by atoms with Gasteiger partial charge in [-0.2, -0.15) is 5.10 Å². The van der Waals surface area contributed by atoms with E-state index in [0.717, 1.165) is 11.3 Å². The van der Waals surface area contributed by atoms with Gasteiger partial charge in [-0.05, 0) is 51.1 Å². The molecule has 1 aliphatic heterocycles. The zero-order valence-corrected chi connectivity index (χ0v) is 19.6. The van der Waals surface area contributed by atoms with Gasteiger partial charge in [0.05, 0.1) is 40.7 Å². The number of nitrogens with zero attached hydrogens (tertiary/aromatic N) is 2. The van der Waals surface area contributed by atoms with Crippen LogP contribution >= 0.6 is 0 Å². The normalized spacial score (nSPS) is 15.5. The highest BCUT2D eigenvalue weighted by atomic mass is 19.1. The minimum Gasteiger partial charge on any atom is -0.493 e. The Bertz CT molecular complexity index is 1440. The van der Waals surface area contributed by atoms with E-state index in [0.29, 0.717) is 24.2 Å². The summed E-state index contributed by atoms with van der Waals surface area (Å²) in [6, 6.07) is 14.1. The van der Waals surface area contributed by atoms with Crippen LogP contribution in [-0.2, 0) is 5.60 Å². The van der Waals surface area contributed by atoms with Crippen molar-refractivity contribution in [3.8, 4) is 16.9 Å². The van der Waals surface area contributed by atoms with E-state index < -0.39 is 23.1 Å². The van der Waals surface area contributed by atoms with Crippen molar-refractivity contribution in [1.29, 1.82) is 0 Å². The molecule has 2 aromatic carbocycles. The molecule has 1 aliphatic rings. The van der Waals surface area contributed by atoms with E-state index in [9.17, 15) is 18.7 Å². The lowest BCUT2D eigenvalue weighted by Gasteiger charge is -2.28. The number of aryl methyl sites for hydroxylation is 1. The standard InChI is InChI=1S/C27H25F2N3O3/c1-15-23(24-18(28)8-6-9-19(24)29)21-12-11-17(25(27(2,3)34)32(21)31-15)26(33)30-20-13-14-35-22-10-5-4-7-16(20)22/h4-12,20,34H,13-14H2,1-3H3,(H,30,33)/t20-/m0/s1. The van der Waals surface area contributed by atoms with Crippen LogP contribution < -0.4 is 10.1 Å². The fourth-order valence-corrected chi connectivity index (χ4v) is 4.77. The molecule has 180 valence electrons. The van der Waals surface area contributed by atoms with Gasteiger partial charge in [0, 0.05) is 17.5 Å². The third kappa shape index (κ3) is 3.93. The number of pyridine rings is 1. The Hall–Kier alpha value is -3.78. The van der Waals surface area contributed by atoms with Gasteiger partial charge in [-0.1, -0.05) is 24.3 Å². The Kier molecular flexibility index (Phi) is 5.56. The number of benzene rings is 2. The van der Waals surface area contributed by atoms with Crippen LogP contribution in [0.15, 0.2) is 54.6 Å². The van der Waals surface area contributed by atoms with Crippen molar-refractivity contribution in [3.05, 3.63) is 88.7 Å². The zero-order chi connectivity index (χ0) is 24.9. The summed E-state index contributed by atoms with van der Waals surface area (Å²) in [5, 5.41) is 18.6. The molecule has 0 saturated carbocycles. The highest BCUT2D eigenvalue weighted by Gasteiger charge is 2.32. The van der Waals surface area contributed by atoms with Gasteiger partial charge in [-0.15, -0.1) is 0 Å². The number of hydrogen-bond donors (Lipinski definition) is 2. The highest BCUT2D eigenvalue weighted by Crippen LogP contribution is 2.36. The highest BCUT2D eigenvalue weighted by molar-refractivity contribution is 5.97. The predicted octanol–water partition coefficient (Wildman–Crippen LogP) is 5.07. The second kappa shape index (κ2) is 8.46.